The van der Waals surface area contributed by atoms with Gasteiger partial charge in [0.05, 0.1) is 19.6 Å². The predicted molar refractivity (Wildman–Crippen MR) is 114 cm³/mol. The summed E-state index contributed by atoms with van der Waals surface area (Å²) in [5, 5.41) is 1.10. The highest BCUT2D eigenvalue weighted by molar-refractivity contribution is 5.89. The summed E-state index contributed by atoms with van der Waals surface area (Å²) < 4.78 is 4.90. The number of likely N-dealkylation sites (tertiary alicyclic amines) is 1. The maximum atomic E-state index is 13.2. The molecule has 2 fully saturated rings. The molecule has 1 aromatic carbocycles. The number of piperazine rings is 1. The first-order valence-corrected chi connectivity index (χ1v) is 10.1. The van der Waals surface area contributed by atoms with Gasteiger partial charge >= 0.3 is 6.09 Å². The first-order valence-electron chi connectivity index (χ1n) is 10.1. The number of carbonyl (C=O) groups is 2. The lowest BCUT2D eigenvalue weighted by Gasteiger charge is -2.42. The molecule has 2 aliphatic rings. The Kier molecular flexibility index (Phi) is 7.03. The van der Waals surface area contributed by atoms with Gasteiger partial charge in [-0.25, -0.2) is 4.79 Å². The zero-order valence-electron chi connectivity index (χ0n) is 16.8. The van der Waals surface area contributed by atoms with Gasteiger partial charge in [-0.1, -0.05) is 18.2 Å². The molecule has 2 aromatic rings. The topological polar surface area (TPSA) is 68.9 Å². The van der Waals surface area contributed by atoms with Crippen molar-refractivity contribution in [2.24, 2.45) is 0 Å². The minimum Gasteiger partial charge on any atom is -0.453 e. The summed E-state index contributed by atoms with van der Waals surface area (Å²) in [6, 6.07) is 8.06. The first-order chi connectivity index (χ1) is 13.7. The Labute approximate surface area is 177 Å². The maximum Gasteiger partial charge on any atom is 0.409 e. The predicted octanol–water partition coefficient (Wildman–Crippen LogP) is 2.51. The van der Waals surface area contributed by atoms with Crippen LogP contribution in [0.25, 0.3) is 10.9 Å². The molecule has 0 bridgehead atoms. The highest BCUT2D eigenvalue weighted by atomic mass is 35.5. The van der Waals surface area contributed by atoms with E-state index in [1.165, 1.54) is 20.0 Å². The Morgan fingerprint density at radius 1 is 1.14 bits per heavy atom. The fourth-order valence-electron chi connectivity index (χ4n) is 4.44. The van der Waals surface area contributed by atoms with E-state index in [-0.39, 0.29) is 30.4 Å². The number of methoxy groups -OCH3 is 1. The second-order valence-corrected chi connectivity index (χ2v) is 7.70. The average molecular weight is 421 g/mol. The summed E-state index contributed by atoms with van der Waals surface area (Å²) in [4.78, 5) is 34.5. The van der Waals surface area contributed by atoms with Gasteiger partial charge in [0, 0.05) is 43.3 Å². The van der Waals surface area contributed by atoms with Gasteiger partial charge in [0.25, 0.3) is 0 Å². The molecule has 158 valence electrons. The monoisotopic (exact) mass is 420 g/mol. The van der Waals surface area contributed by atoms with Gasteiger partial charge in [-0.15, -0.1) is 12.4 Å². The van der Waals surface area contributed by atoms with E-state index >= 15 is 0 Å². The largest absolute Gasteiger partial charge is 0.453 e. The van der Waals surface area contributed by atoms with Gasteiger partial charge in [-0.2, -0.15) is 0 Å². The molecule has 0 spiro atoms. The minimum atomic E-state index is -0.310. The molecule has 1 aromatic heterocycles. The molecule has 2 aliphatic heterocycles. The van der Waals surface area contributed by atoms with Crippen LogP contribution >= 0.6 is 12.4 Å². The summed E-state index contributed by atoms with van der Waals surface area (Å²) in [5.74, 6) is 0.124. The number of carbonyl (C=O) groups excluding carboxylic acids is 2. The number of H-pyrrole nitrogens is 1. The molecule has 7 nitrogen and oxygen atoms in total. The van der Waals surface area contributed by atoms with Gasteiger partial charge in [-0.05, 0) is 37.6 Å². The number of aromatic nitrogens is 1. The number of para-hydroxylation sites is 1. The number of nitrogens with zero attached hydrogens (tertiary/aromatic N) is 3. The molecule has 1 atom stereocenters. The Bertz CT molecular complexity index is 849. The number of nitrogens with one attached hydrogen (secondary N) is 1. The average Bonchev–Trinajstić information content (AvgIpc) is 3.37. The van der Waals surface area contributed by atoms with Crippen LogP contribution in [0.2, 0.25) is 0 Å². The van der Waals surface area contributed by atoms with Crippen molar-refractivity contribution in [2.75, 3.05) is 46.4 Å². The van der Waals surface area contributed by atoms with Crippen LogP contribution in [-0.4, -0.2) is 84.1 Å². The van der Waals surface area contributed by atoms with Gasteiger partial charge in [0.1, 0.15) is 0 Å². The van der Waals surface area contributed by atoms with Crippen molar-refractivity contribution in [3.05, 3.63) is 36.0 Å². The fourth-order valence-corrected chi connectivity index (χ4v) is 4.44. The molecule has 0 unspecified atom stereocenters. The van der Waals surface area contributed by atoms with Gasteiger partial charge in [0.15, 0.2) is 0 Å². The van der Waals surface area contributed by atoms with E-state index in [1.807, 2.05) is 35.4 Å². The van der Waals surface area contributed by atoms with Crippen molar-refractivity contribution in [1.82, 2.24) is 19.7 Å². The molecule has 2 saturated heterocycles. The van der Waals surface area contributed by atoms with Crippen molar-refractivity contribution in [1.29, 1.82) is 0 Å². The van der Waals surface area contributed by atoms with Crippen LogP contribution in [0.5, 0.6) is 0 Å². The van der Waals surface area contributed by atoms with Gasteiger partial charge in [-0.3, -0.25) is 4.79 Å². The molecule has 8 heteroatoms. The van der Waals surface area contributed by atoms with Crippen LogP contribution in [0.15, 0.2) is 30.5 Å². The second-order valence-electron chi connectivity index (χ2n) is 7.70. The lowest BCUT2D eigenvalue weighted by Crippen LogP contribution is -2.59. The zero-order valence-corrected chi connectivity index (χ0v) is 17.6. The van der Waals surface area contributed by atoms with Crippen molar-refractivity contribution in [3.63, 3.8) is 0 Å². The van der Waals surface area contributed by atoms with Crippen molar-refractivity contribution < 1.29 is 14.3 Å². The molecule has 0 saturated carbocycles. The number of ether oxygens (including phenoxy) is 1. The molecule has 2 amide bonds. The van der Waals surface area contributed by atoms with E-state index in [9.17, 15) is 9.59 Å². The number of hydrogen-bond donors (Lipinski definition) is 1. The van der Waals surface area contributed by atoms with E-state index in [4.69, 9.17) is 4.74 Å². The molecule has 3 heterocycles. The molecular formula is C21H29ClN4O3. The molecule has 4 rings (SSSR count). The van der Waals surface area contributed by atoms with E-state index < -0.39 is 0 Å². The maximum absolute atomic E-state index is 13.2. The highest BCUT2D eigenvalue weighted by Crippen LogP contribution is 2.21. The Hall–Kier alpha value is -2.25. The number of hydrogen-bond acceptors (Lipinski definition) is 4. The molecule has 1 N–H and O–H groups in total. The van der Waals surface area contributed by atoms with Crippen LogP contribution in [0, 0.1) is 0 Å². The number of halogens is 1. The smallest absolute Gasteiger partial charge is 0.409 e. The second kappa shape index (κ2) is 9.50. The number of benzene rings is 1. The third kappa shape index (κ3) is 4.67. The van der Waals surface area contributed by atoms with Crippen LogP contribution in [0.4, 0.5) is 4.79 Å². The SMILES string of the molecule is COC(=O)N1CCN(C(=O)Cc2c[nH]c3ccccc23)[C@H](CN2CCCC2)C1.Cl. The Balaban J connectivity index is 0.00000240. The molecule has 0 aliphatic carbocycles. The zero-order chi connectivity index (χ0) is 19.5. The van der Waals surface area contributed by atoms with E-state index in [0.29, 0.717) is 26.1 Å². The standard InChI is InChI=1S/C21H28N4O3.ClH/c1-28-21(27)24-10-11-25(17(15-24)14-23-8-4-5-9-23)20(26)12-16-13-22-19-7-3-2-6-18(16)19;/h2-3,6-7,13,17,22H,4-5,8-12,14-15H2,1H3;1H/t17-;/m1./s1. The lowest BCUT2D eigenvalue weighted by atomic mass is 10.1. The van der Waals surface area contributed by atoms with Crippen molar-refractivity contribution >= 4 is 35.3 Å². The van der Waals surface area contributed by atoms with Crippen molar-refractivity contribution in [2.45, 2.75) is 25.3 Å². The van der Waals surface area contributed by atoms with Gasteiger partial charge in [0.2, 0.25) is 5.91 Å². The van der Waals surface area contributed by atoms with E-state index in [0.717, 1.165) is 36.1 Å². The van der Waals surface area contributed by atoms with Gasteiger partial charge < -0.3 is 24.4 Å². The van der Waals surface area contributed by atoms with E-state index in [1.54, 1.807) is 4.90 Å². The molecule has 29 heavy (non-hydrogen) atoms. The number of rotatable bonds is 4. The highest BCUT2D eigenvalue weighted by Gasteiger charge is 2.34. The Morgan fingerprint density at radius 2 is 1.90 bits per heavy atom. The van der Waals surface area contributed by atoms with Crippen LogP contribution < -0.4 is 0 Å². The lowest BCUT2D eigenvalue weighted by molar-refractivity contribution is -0.135. The summed E-state index contributed by atoms with van der Waals surface area (Å²) in [5.41, 5.74) is 2.07. The van der Waals surface area contributed by atoms with Crippen LogP contribution in [-0.2, 0) is 16.0 Å². The van der Waals surface area contributed by atoms with E-state index in [2.05, 4.69) is 9.88 Å². The summed E-state index contributed by atoms with van der Waals surface area (Å²) in [7, 11) is 1.41. The fraction of sp³-hybridized carbons (Fsp3) is 0.524. The number of fused-ring (bicyclic) bond motifs is 1. The van der Waals surface area contributed by atoms with Crippen molar-refractivity contribution in [3.8, 4) is 0 Å². The first kappa shape index (κ1) is 21.5. The number of amides is 2. The molecular weight excluding hydrogens is 392 g/mol. The van der Waals surface area contributed by atoms with Crippen LogP contribution in [0.1, 0.15) is 18.4 Å². The quantitative estimate of drug-likeness (QED) is 0.825. The molecule has 0 radical (unpaired) electrons. The van der Waals surface area contributed by atoms with Crippen LogP contribution in [0.3, 0.4) is 0 Å². The summed E-state index contributed by atoms with van der Waals surface area (Å²) in [6.45, 7) is 4.55. The third-order valence-electron chi connectivity index (χ3n) is 5.92. The third-order valence-corrected chi connectivity index (χ3v) is 5.92. The Morgan fingerprint density at radius 3 is 2.66 bits per heavy atom. The summed E-state index contributed by atoms with van der Waals surface area (Å²) in [6.07, 6.45) is 4.41. The normalized spacial score (nSPS) is 20.0. The minimum absolute atomic E-state index is 0. The number of aromatic amines is 1. The summed E-state index contributed by atoms with van der Waals surface area (Å²) >= 11 is 0.